The van der Waals surface area contributed by atoms with Crippen molar-refractivity contribution in [3.05, 3.63) is 23.0 Å². The van der Waals surface area contributed by atoms with Gasteiger partial charge in [-0.15, -0.1) is 0 Å². The third-order valence-corrected chi connectivity index (χ3v) is 3.40. The van der Waals surface area contributed by atoms with Gasteiger partial charge in [0, 0.05) is 6.92 Å². The quantitative estimate of drug-likeness (QED) is 0.613. The molecule has 4 nitrogen and oxygen atoms in total. The SMILES string of the molecule is CC(=O)Oc1ccc(C2(N(C)C)CC2)nc1Cl. The van der Waals surface area contributed by atoms with E-state index in [-0.39, 0.29) is 10.7 Å². The lowest BCUT2D eigenvalue weighted by atomic mass is 10.1. The van der Waals surface area contributed by atoms with Gasteiger partial charge in [0.1, 0.15) is 0 Å². The molecule has 5 heteroatoms. The summed E-state index contributed by atoms with van der Waals surface area (Å²) in [6.45, 7) is 1.34. The maximum atomic E-state index is 10.9. The second-order valence-corrected chi connectivity index (χ2v) is 4.86. The molecule has 1 saturated carbocycles. The summed E-state index contributed by atoms with van der Waals surface area (Å²) in [4.78, 5) is 17.3. The van der Waals surface area contributed by atoms with Gasteiger partial charge in [-0.2, -0.15) is 0 Å². The molecule has 0 N–H and O–H groups in total. The van der Waals surface area contributed by atoms with Crippen LogP contribution in [-0.4, -0.2) is 29.9 Å². The van der Waals surface area contributed by atoms with E-state index in [4.69, 9.17) is 16.3 Å². The molecule has 2 rings (SSSR count). The first kappa shape index (κ1) is 12.3. The minimum atomic E-state index is -0.393. The molecule has 1 heterocycles. The first-order chi connectivity index (χ1) is 7.95. The van der Waals surface area contributed by atoms with Gasteiger partial charge in [0.15, 0.2) is 10.9 Å². The number of ether oxygens (including phenoxy) is 1. The molecule has 1 aromatic heterocycles. The summed E-state index contributed by atoms with van der Waals surface area (Å²) >= 11 is 6.01. The van der Waals surface area contributed by atoms with Crippen molar-refractivity contribution >= 4 is 17.6 Å². The van der Waals surface area contributed by atoms with Crippen LogP contribution in [0.2, 0.25) is 5.15 Å². The molecule has 0 radical (unpaired) electrons. The van der Waals surface area contributed by atoms with E-state index in [9.17, 15) is 4.79 Å². The maximum Gasteiger partial charge on any atom is 0.308 e. The normalized spacial score (nSPS) is 17.0. The molecule has 1 aromatic rings. The van der Waals surface area contributed by atoms with Crippen LogP contribution in [0.4, 0.5) is 0 Å². The summed E-state index contributed by atoms with van der Waals surface area (Å²) in [5, 5.41) is 0.242. The van der Waals surface area contributed by atoms with Crippen LogP contribution >= 0.6 is 11.6 Å². The second kappa shape index (κ2) is 4.27. The number of nitrogens with zero attached hydrogens (tertiary/aromatic N) is 2. The molecule has 0 spiro atoms. The lowest BCUT2D eigenvalue weighted by Gasteiger charge is -2.23. The van der Waals surface area contributed by atoms with Gasteiger partial charge in [-0.1, -0.05) is 11.6 Å². The Morgan fingerprint density at radius 2 is 2.12 bits per heavy atom. The van der Waals surface area contributed by atoms with Gasteiger partial charge in [0.2, 0.25) is 0 Å². The van der Waals surface area contributed by atoms with Gasteiger partial charge in [-0.3, -0.25) is 9.69 Å². The molecule has 1 fully saturated rings. The Labute approximate surface area is 106 Å². The van der Waals surface area contributed by atoms with E-state index in [1.807, 2.05) is 20.2 Å². The van der Waals surface area contributed by atoms with Crippen LogP contribution < -0.4 is 4.74 Å². The van der Waals surface area contributed by atoms with Crippen LogP contribution in [0.1, 0.15) is 25.5 Å². The predicted molar refractivity (Wildman–Crippen MR) is 65.2 cm³/mol. The highest BCUT2D eigenvalue weighted by Gasteiger charge is 2.47. The second-order valence-electron chi connectivity index (χ2n) is 4.51. The highest BCUT2D eigenvalue weighted by atomic mass is 35.5. The number of rotatable bonds is 3. The molecular formula is C12H15ClN2O2. The Morgan fingerprint density at radius 3 is 2.53 bits per heavy atom. The van der Waals surface area contributed by atoms with Crippen molar-refractivity contribution in [1.29, 1.82) is 0 Å². The Hall–Kier alpha value is -1.13. The molecule has 0 bridgehead atoms. The van der Waals surface area contributed by atoms with E-state index in [2.05, 4.69) is 9.88 Å². The fourth-order valence-electron chi connectivity index (χ4n) is 1.96. The number of esters is 1. The standard InChI is InChI=1S/C12H15ClN2O2/c1-8(16)17-9-4-5-10(14-11(9)13)12(6-7-12)15(2)3/h4-5H,6-7H2,1-3H3. The monoisotopic (exact) mass is 254 g/mol. The molecule has 0 amide bonds. The Morgan fingerprint density at radius 1 is 1.47 bits per heavy atom. The van der Waals surface area contributed by atoms with Crippen molar-refractivity contribution in [2.24, 2.45) is 0 Å². The average molecular weight is 255 g/mol. The number of pyridine rings is 1. The van der Waals surface area contributed by atoms with Crippen molar-refractivity contribution in [3.63, 3.8) is 0 Å². The van der Waals surface area contributed by atoms with Gasteiger partial charge in [0.05, 0.1) is 11.2 Å². The molecule has 0 saturated heterocycles. The van der Waals surface area contributed by atoms with Crippen molar-refractivity contribution in [2.75, 3.05) is 14.1 Å². The number of hydrogen-bond donors (Lipinski definition) is 0. The van der Waals surface area contributed by atoms with Crippen LogP contribution in [-0.2, 0) is 10.3 Å². The third-order valence-electron chi connectivity index (χ3n) is 3.12. The van der Waals surface area contributed by atoms with Gasteiger partial charge < -0.3 is 4.74 Å². The number of halogens is 1. The Bertz CT molecular complexity index is 456. The van der Waals surface area contributed by atoms with Crippen LogP contribution in [0, 0.1) is 0 Å². The zero-order valence-electron chi connectivity index (χ0n) is 10.2. The molecule has 1 aliphatic carbocycles. The molecule has 0 aliphatic heterocycles. The highest BCUT2D eigenvalue weighted by molar-refractivity contribution is 6.30. The highest BCUT2D eigenvalue weighted by Crippen LogP contribution is 2.49. The number of aromatic nitrogens is 1. The lowest BCUT2D eigenvalue weighted by molar-refractivity contribution is -0.131. The summed E-state index contributed by atoms with van der Waals surface area (Å²) in [7, 11) is 4.06. The Balaban J connectivity index is 2.28. The van der Waals surface area contributed by atoms with Crippen molar-refractivity contribution in [2.45, 2.75) is 25.3 Å². The zero-order chi connectivity index (χ0) is 12.6. The first-order valence-electron chi connectivity index (χ1n) is 5.48. The number of carbonyl (C=O) groups excluding carboxylic acids is 1. The average Bonchev–Trinajstić information content (AvgIpc) is 3.01. The van der Waals surface area contributed by atoms with Crippen LogP contribution in [0.5, 0.6) is 5.75 Å². The summed E-state index contributed by atoms with van der Waals surface area (Å²) in [6.07, 6.45) is 2.16. The summed E-state index contributed by atoms with van der Waals surface area (Å²) < 4.78 is 4.95. The predicted octanol–water partition coefficient (Wildman–Crippen LogP) is 2.21. The largest absolute Gasteiger partial charge is 0.423 e. The molecule has 0 unspecified atom stereocenters. The summed E-state index contributed by atoms with van der Waals surface area (Å²) in [6, 6.07) is 3.58. The zero-order valence-corrected chi connectivity index (χ0v) is 10.9. The molecule has 92 valence electrons. The Kier molecular flexibility index (Phi) is 3.10. The topological polar surface area (TPSA) is 42.4 Å². The van der Waals surface area contributed by atoms with Gasteiger partial charge in [-0.25, -0.2) is 4.98 Å². The fourth-order valence-corrected chi connectivity index (χ4v) is 2.16. The van der Waals surface area contributed by atoms with Crippen molar-refractivity contribution < 1.29 is 9.53 Å². The van der Waals surface area contributed by atoms with Crippen LogP contribution in [0.25, 0.3) is 0 Å². The number of carbonyl (C=O) groups is 1. The molecule has 0 aromatic carbocycles. The summed E-state index contributed by atoms with van der Waals surface area (Å²) in [5.41, 5.74) is 0.946. The van der Waals surface area contributed by atoms with E-state index in [0.717, 1.165) is 18.5 Å². The van der Waals surface area contributed by atoms with Crippen molar-refractivity contribution in [3.8, 4) is 5.75 Å². The molecular weight excluding hydrogens is 240 g/mol. The van der Waals surface area contributed by atoms with Gasteiger partial charge in [0.25, 0.3) is 0 Å². The van der Waals surface area contributed by atoms with E-state index in [1.54, 1.807) is 6.07 Å². The first-order valence-corrected chi connectivity index (χ1v) is 5.86. The van der Waals surface area contributed by atoms with E-state index < -0.39 is 5.97 Å². The third kappa shape index (κ3) is 2.28. The maximum absolute atomic E-state index is 10.9. The molecule has 17 heavy (non-hydrogen) atoms. The van der Waals surface area contributed by atoms with Crippen LogP contribution in [0.15, 0.2) is 12.1 Å². The summed E-state index contributed by atoms with van der Waals surface area (Å²) in [5.74, 6) is -0.0762. The fraction of sp³-hybridized carbons (Fsp3) is 0.500. The van der Waals surface area contributed by atoms with E-state index >= 15 is 0 Å². The molecule has 1 aliphatic rings. The number of hydrogen-bond acceptors (Lipinski definition) is 4. The van der Waals surface area contributed by atoms with Crippen LogP contribution in [0.3, 0.4) is 0 Å². The van der Waals surface area contributed by atoms with Gasteiger partial charge in [-0.05, 0) is 39.1 Å². The molecule has 0 atom stereocenters. The minimum Gasteiger partial charge on any atom is -0.423 e. The van der Waals surface area contributed by atoms with Gasteiger partial charge >= 0.3 is 5.97 Å². The van der Waals surface area contributed by atoms with E-state index in [0.29, 0.717) is 5.75 Å². The minimum absolute atomic E-state index is 0.0123. The van der Waals surface area contributed by atoms with E-state index in [1.165, 1.54) is 6.92 Å². The lowest BCUT2D eigenvalue weighted by Crippen LogP contribution is -2.28. The smallest absolute Gasteiger partial charge is 0.308 e. The van der Waals surface area contributed by atoms with Crippen molar-refractivity contribution in [1.82, 2.24) is 9.88 Å².